The summed E-state index contributed by atoms with van der Waals surface area (Å²) in [5.74, 6) is -0.974. The van der Waals surface area contributed by atoms with E-state index in [1.165, 1.54) is 0 Å². The van der Waals surface area contributed by atoms with Gasteiger partial charge in [0.15, 0.2) is 12.4 Å². The van der Waals surface area contributed by atoms with Crippen molar-refractivity contribution in [3.8, 4) is 11.1 Å². The number of rotatable bonds is 11. The van der Waals surface area contributed by atoms with Crippen LogP contribution in [0.4, 0.5) is 10.5 Å². The van der Waals surface area contributed by atoms with Gasteiger partial charge in [-0.1, -0.05) is 109 Å². The van der Waals surface area contributed by atoms with Crippen LogP contribution in [0.3, 0.4) is 0 Å². The molecule has 2 unspecified atom stereocenters. The molecular formula is C39H37N4O4+. The van der Waals surface area contributed by atoms with E-state index in [0.29, 0.717) is 5.69 Å². The van der Waals surface area contributed by atoms with E-state index in [1.807, 2.05) is 109 Å². The van der Waals surface area contributed by atoms with Crippen molar-refractivity contribution in [1.82, 2.24) is 10.6 Å². The van der Waals surface area contributed by atoms with Gasteiger partial charge in [-0.3, -0.25) is 9.59 Å². The number of hydrogen-bond acceptors (Lipinski definition) is 4. The number of benzene rings is 4. The summed E-state index contributed by atoms with van der Waals surface area (Å²) in [5.41, 5.74) is 6.80. The molecule has 1 heterocycles. The van der Waals surface area contributed by atoms with E-state index in [-0.39, 0.29) is 31.3 Å². The highest BCUT2D eigenvalue weighted by Crippen LogP contribution is 2.44. The van der Waals surface area contributed by atoms with Crippen molar-refractivity contribution in [1.29, 1.82) is 0 Å². The van der Waals surface area contributed by atoms with Crippen LogP contribution in [-0.4, -0.2) is 36.6 Å². The van der Waals surface area contributed by atoms with Crippen molar-refractivity contribution >= 4 is 23.6 Å². The number of carbonyl (C=O) groups excluding carboxylic acids is 3. The van der Waals surface area contributed by atoms with Gasteiger partial charge in [-0.2, -0.15) is 0 Å². The highest BCUT2D eigenvalue weighted by Gasteiger charge is 2.31. The monoisotopic (exact) mass is 625 g/mol. The van der Waals surface area contributed by atoms with Crippen LogP contribution in [0.1, 0.15) is 28.2 Å². The summed E-state index contributed by atoms with van der Waals surface area (Å²) >= 11 is 0. The number of aryl methyl sites for hydroxylation is 1. The van der Waals surface area contributed by atoms with Crippen molar-refractivity contribution in [2.75, 3.05) is 11.9 Å². The number of hydrogen-bond donors (Lipinski definition) is 3. The minimum Gasteiger partial charge on any atom is -0.449 e. The van der Waals surface area contributed by atoms with E-state index in [9.17, 15) is 14.4 Å². The molecule has 8 heteroatoms. The molecule has 2 atom stereocenters. The number of aromatic nitrogens is 1. The SMILES string of the molecule is C[n+]1cccc(NC(=O)C(Cc2ccccc2)NC(=O)C(Cc2ccccc2)NC(=O)OCC2c3ccccc3-c3ccccc32)c1. The maximum absolute atomic E-state index is 13.9. The molecule has 0 bridgehead atoms. The Bertz CT molecular complexity index is 1820. The molecule has 5 aromatic rings. The molecule has 0 aliphatic heterocycles. The van der Waals surface area contributed by atoms with Gasteiger partial charge < -0.3 is 20.7 Å². The fourth-order valence-electron chi connectivity index (χ4n) is 6.06. The van der Waals surface area contributed by atoms with Gasteiger partial charge in [-0.15, -0.1) is 0 Å². The second-order valence-electron chi connectivity index (χ2n) is 11.7. The average molecular weight is 626 g/mol. The molecule has 0 fully saturated rings. The van der Waals surface area contributed by atoms with E-state index in [4.69, 9.17) is 4.74 Å². The van der Waals surface area contributed by atoms with Gasteiger partial charge in [0.1, 0.15) is 31.4 Å². The fraction of sp³-hybridized carbons (Fsp3) is 0.179. The van der Waals surface area contributed by atoms with Crippen LogP contribution in [0.25, 0.3) is 11.1 Å². The first-order chi connectivity index (χ1) is 22.9. The van der Waals surface area contributed by atoms with E-state index in [2.05, 4.69) is 40.2 Å². The lowest BCUT2D eigenvalue weighted by Gasteiger charge is -2.24. The van der Waals surface area contributed by atoms with Gasteiger partial charge in [0.05, 0.1) is 0 Å². The topological polar surface area (TPSA) is 100 Å². The maximum Gasteiger partial charge on any atom is 0.407 e. The number of carbonyl (C=O) groups is 3. The number of nitrogens with one attached hydrogen (secondary N) is 3. The first kappa shape index (κ1) is 31.2. The summed E-state index contributed by atoms with van der Waals surface area (Å²) < 4.78 is 7.61. The number of amides is 3. The van der Waals surface area contributed by atoms with Gasteiger partial charge >= 0.3 is 6.09 Å². The molecule has 8 nitrogen and oxygen atoms in total. The molecular weight excluding hydrogens is 588 g/mol. The number of fused-ring (bicyclic) bond motifs is 3. The Morgan fingerprint density at radius 3 is 1.77 bits per heavy atom. The molecule has 1 aliphatic rings. The van der Waals surface area contributed by atoms with Crippen molar-refractivity contribution in [3.05, 3.63) is 156 Å². The van der Waals surface area contributed by atoms with Crippen LogP contribution >= 0.6 is 0 Å². The van der Waals surface area contributed by atoms with Gasteiger partial charge in [0.25, 0.3) is 0 Å². The lowest BCUT2D eigenvalue weighted by Crippen LogP contribution is -2.54. The fourth-order valence-corrected chi connectivity index (χ4v) is 6.06. The smallest absolute Gasteiger partial charge is 0.407 e. The third kappa shape index (κ3) is 7.73. The van der Waals surface area contributed by atoms with E-state index < -0.39 is 24.1 Å². The Morgan fingerprint density at radius 2 is 1.19 bits per heavy atom. The summed E-state index contributed by atoms with van der Waals surface area (Å²) in [6, 6.07) is 36.9. The first-order valence-corrected chi connectivity index (χ1v) is 15.7. The lowest BCUT2D eigenvalue weighted by atomic mass is 9.98. The Hall–Kier alpha value is -5.76. The van der Waals surface area contributed by atoms with Gasteiger partial charge in [-0.25, -0.2) is 9.36 Å². The zero-order valence-corrected chi connectivity index (χ0v) is 26.1. The molecule has 0 spiro atoms. The average Bonchev–Trinajstić information content (AvgIpc) is 3.41. The minimum absolute atomic E-state index is 0.117. The summed E-state index contributed by atoms with van der Waals surface area (Å²) in [7, 11) is 1.86. The molecule has 4 aromatic carbocycles. The number of pyridine rings is 1. The van der Waals surface area contributed by atoms with Crippen LogP contribution in [0.5, 0.6) is 0 Å². The van der Waals surface area contributed by atoms with Crippen molar-refractivity contribution < 1.29 is 23.7 Å². The Labute approximate surface area is 274 Å². The van der Waals surface area contributed by atoms with E-state index in [0.717, 1.165) is 33.4 Å². The third-order valence-corrected chi connectivity index (χ3v) is 8.36. The Kier molecular flexibility index (Phi) is 9.67. The highest BCUT2D eigenvalue weighted by atomic mass is 16.5. The van der Waals surface area contributed by atoms with Crippen LogP contribution in [-0.2, 0) is 34.2 Å². The molecule has 3 N–H and O–H groups in total. The summed E-state index contributed by atoms with van der Waals surface area (Å²) in [6.45, 7) is 0.118. The second-order valence-corrected chi connectivity index (χ2v) is 11.7. The van der Waals surface area contributed by atoms with Gasteiger partial charge in [0.2, 0.25) is 11.8 Å². The second kappa shape index (κ2) is 14.6. The van der Waals surface area contributed by atoms with Gasteiger partial charge in [-0.05, 0) is 39.4 Å². The number of nitrogens with zero attached hydrogens (tertiary/aromatic N) is 1. The first-order valence-electron chi connectivity index (χ1n) is 15.7. The van der Waals surface area contributed by atoms with E-state index in [1.54, 1.807) is 12.3 Å². The number of alkyl carbamates (subject to hydrolysis) is 1. The predicted octanol–water partition coefficient (Wildman–Crippen LogP) is 5.33. The molecule has 1 aliphatic carbocycles. The molecule has 1 aromatic heterocycles. The quantitative estimate of drug-likeness (QED) is 0.173. The molecule has 47 heavy (non-hydrogen) atoms. The zero-order valence-electron chi connectivity index (χ0n) is 26.1. The normalized spacial score (nSPS) is 13.0. The molecule has 6 rings (SSSR count). The standard InChI is InChI=1S/C39H36N4O4/c1-43-22-12-17-29(25-43)40-37(44)35(23-27-13-4-2-5-14-27)41-38(45)36(24-28-15-6-3-7-16-28)42-39(46)47-26-34-32-20-10-8-18-30(32)31-19-9-11-21-33(31)34/h2-22,25,34-36H,23-24,26H2,1H3,(H2-,40,41,42,44,45,46)/p+1. The van der Waals surface area contributed by atoms with Crippen LogP contribution in [0, 0.1) is 0 Å². The highest BCUT2D eigenvalue weighted by molar-refractivity contribution is 5.98. The minimum atomic E-state index is -0.992. The largest absolute Gasteiger partial charge is 0.449 e. The molecule has 3 amide bonds. The van der Waals surface area contributed by atoms with Crippen LogP contribution in [0.2, 0.25) is 0 Å². The lowest BCUT2D eigenvalue weighted by molar-refractivity contribution is -0.670. The Balaban J connectivity index is 1.18. The molecule has 0 radical (unpaired) electrons. The van der Waals surface area contributed by atoms with Crippen LogP contribution < -0.4 is 20.5 Å². The number of anilines is 1. The molecule has 0 saturated carbocycles. The molecule has 0 saturated heterocycles. The van der Waals surface area contributed by atoms with Crippen LogP contribution in [0.15, 0.2) is 134 Å². The summed E-state index contributed by atoms with van der Waals surface area (Å²) in [6.07, 6.45) is 3.42. The summed E-state index contributed by atoms with van der Waals surface area (Å²) in [4.78, 5) is 40.8. The van der Waals surface area contributed by atoms with Crippen molar-refractivity contribution in [2.24, 2.45) is 7.05 Å². The third-order valence-electron chi connectivity index (χ3n) is 8.36. The van der Waals surface area contributed by atoms with Crippen molar-refractivity contribution in [2.45, 2.75) is 30.8 Å². The summed E-state index contributed by atoms with van der Waals surface area (Å²) in [5, 5.41) is 8.63. The number of ether oxygens (including phenoxy) is 1. The predicted molar refractivity (Wildman–Crippen MR) is 180 cm³/mol. The van der Waals surface area contributed by atoms with E-state index >= 15 is 0 Å². The Morgan fingerprint density at radius 1 is 0.660 bits per heavy atom. The van der Waals surface area contributed by atoms with Crippen molar-refractivity contribution in [3.63, 3.8) is 0 Å². The molecule has 236 valence electrons. The maximum atomic E-state index is 13.9. The zero-order chi connectivity index (χ0) is 32.6. The van der Waals surface area contributed by atoms with Gasteiger partial charge in [0, 0.05) is 24.8 Å².